The minimum Gasteiger partial charge on any atom is -0.478 e. The van der Waals surface area contributed by atoms with E-state index in [1.54, 1.807) is 25.1 Å². The number of carboxylic acid groups (broad SMARTS) is 1. The van der Waals surface area contributed by atoms with Gasteiger partial charge in [0.2, 0.25) is 0 Å². The molecule has 15 heavy (non-hydrogen) atoms. The molecule has 1 atom stereocenters. The Hall–Kier alpha value is -1.29. The predicted octanol–water partition coefficient (Wildman–Crippen LogP) is 2.45. The Morgan fingerprint density at radius 2 is 2.07 bits per heavy atom. The zero-order valence-electron chi connectivity index (χ0n) is 8.56. The summed E-state index contributed by atoms with van der Waals surface area (Å²) in [6, 6.07) is 6.59. The summed E-state index contributed by atoms with van der Waals surface area (Å²) in [4.78, 5) is 22.5. The van der Waals surface area contributed by atoms with Gasteiger partial charge in [-0.25, -0.2) is 4.79 Å². The van der Waals surface area contributed by atoms with Crippen LogP contribution in [-0.4, -0.2) is 22.1 Å². The number of thioether (sulfide) groups is 1. The van der Waals surface area contributed by atoms with E-state index >= 15 is 0 Å². The summed E-state index contributed by atoms with van der Waals surface area (Å²) in [6.45, 7) is 3.33. The van der Waals surface area contributed by atoms with E-state index in [0.29, 0.717) is 0 Å². The molecule has 0 radical (unpaired) electrons. The number of benzene rings is 1. The highest BCUT2D eigenvalue weighted by Gasteiger charge is 2.10. The van der Waals surface area contributed by atoms with Gasteiger partial charge in [-0.3, -0.25) is 4.79 Å². The fraction of sp³-hybridized carbons (Fsp3) is 0.273. The van der Waals surface area contributed by atoms with Crippen molar-refractivity contribution in [1.29, 1.82) is 0 Å². The van der Waals surface area contributed by atoms with E-state index in [-0.39, 0.29) is 16.6 Å². The summed E-state index contributed by atoms with van der Waals surface area (Å²) in [7, 11) is 0. The van der Waals surface area contributed by atoms with Crippen LogP contribution in [0, 0.1) is 0 Å². The molecule has 0 aliphatic heterocycles. The van der Waals surface area contributed by atoms with Crippen molar-refractivity contribution in [2.45, 2.75) is 24.0 Å². The molecule has 1 rings (SSSR count). The largest absolute Gasteiger partial charge is 0.478 e. The average molecular weight is 224 g/mol. The Morgan fingerprint density at radius 3 is 2.60 bits per heavy atom. The number of ketones is 1. The van der Waals surface area contributed by atoms with Crippen molar-refractivity contribution in [2.24, 2.45) is 0 Å². The Bertz CT molecular complexity index is 387. The second kappa shape index (κ2) is 4.98. The van der Waals surface area contributed by atoms with Gasteiger partial charge < -0.3 is 5.11 Å². The molecule has 1 aromatic carbocycles. The molecule has 1 N–H and O–H groups in total. The first-order valence-electron chi connectivity index (χ1n) is 4.51. The number of Topliss-reactive ketones (excluding diaryl/α,β-unsaturated/α-hetero) is 1. The first-order valence-corrected chi connectivity index (χ1v) is 5.39. The van der Waals surface area contributed by atoms with E-state index < -0.39 is 5.97 Å². The van der Waals surface area contributed by atoms with Crippen molar-refractivity contribution in [1.82, 2.24) is 0 Å². The molecule has 4 heteroatoms. The lowest BCUT2D eigenvalue weighted by Gasteiger charge is -2.07. The van der Waals surface area contributed by atoms with E-state index in [2.05, 4.69) is 0 Å². The zero-order chi connectivity index (χ0) is 11.4. The van der Waals surface area contributed by atoms with Gasteiger partial charge in [0.05, 0.1) is 10.8 Å². The van der Waals surface area contributed by atoms with Gasteiger partial charge >= 0.3 is 5.97 Å². The van der Waals surface area contributed by atoms with Crippen LogP contribution in [0.15, 0.2) is 29.2 Å². The first-order chi connectivity index (χ1) is 7.00. The molecule has 0 spiro atoms. The lowest BCUT2D eigenvalue weighted by atomic mass is 10.2. The fourth-order valence-electron chi connectivity index (χ4n) is 0.990. The van der Waals surface area contributed by atoms with Gasteiger partial charge in [-0.05, 0) is 32.0 Å². The minimum absolute atomic E-state index is 0.0840. The van der Waals surface area contributed by atoms with Crippen molar-refractivity contribution < 1.29 is 14.7 Å². The van der Waals surface area contributed by atoms with Gasteiger partial charge in [0, 0.05) is 4.90 Å². The maximum Gasteiger partial charge on any atom is 0.335 e. The molecule has 0 saturated carbocycles. The van der Waals surface area contributed by atoms with Crippen molar-refractivity contribution >= 4 is 23.5 Å². The Morgan fingerprint density at radius 1 is 1.40 bits per heavy atom. The van der Waals surface area contributed by atoms with Crippen molar-refractivity contribution in [3.8, 4) is 0 Å². The summed E-state index contributed by atoms with van der Waals surface area (Å²) in [6.07, 6.45) is 0. The van der Waals surface area contributed by atoms with Crippen LogP contribution in [0.25, 0.3) is 0 Å². The molecule has 0 fully saturated rings. The summed E-state index contributed by atoms with van der Waals surface area (Å²) >= 11 is 1.37. The Balaban J connectivity index is 2.82. The second-order valence-corrected chi connectivity index (χ2v) is 4.62. The Kier molecular flexibility index (Phi) is 3.91. The summed E-state index contributed by atoms with van der Waals surface area (Å²) in [5, 5.41) is 8.63. The number of carbonyl (C=O) groups is 2. The second-order valence-electron chi connectivity index (χ2n) is 3.20. The van der Waals surface area contributed by atoms with Crippen LogP contribution in [0.1, 0.15) is 24.2 Å². The van der Waals surface area contributed by atoms with Crippen molar-refractivity contribution in [3.05, 3.63) is 29.8 Å². The fourth-order valence-corrected chi connectivity index (χ4v) is 1.92. The average Bonchev–Trinajstić information content (AvgIpc) is 2.18. The highest BCUT2D eigenvalue weighted by atomic mass is 32.2. The number of carbonyl (C=O) groups excluding carboxylic acids is 1. The molecular weight excluding hydrogens is 212 g/mol. The highest BCUT2D eigenvalue weighted by molar-refractivity contribution is 8.00. The van der Waals surface area contributed by atoms with Crippen molar-refractivity contribution in [3.63, 3.8) is 0 Å². The number of hydrogen-bond acceptors (Lipinski definition) is 3. The normalized spacial score (nSPS) is 12.1. The predicted molar refractivity (Wildman–Crippen MR) is 59.4 cm³/mol. The van der Waals surface area contributed by atoms with Crippen LogP contribution in [0.3, 0.4) is 0 Å². The maximum atomic E-state index is 11.0. The molecule has 0 heterocycles. The number of carboxylic acids is 1. The quantitative estimate of drug-likeness (QED) is 0.798. The van der Waals surface area contributed by atoms with E-state index in [4.69, 9.17) is 5.11 Å². The molecule has 0 saturated heterocycles. The number of aromatic carboxylic acids is 1. The monoisotopic (exact) mass is 224 g/mol. The Labute approximate surface area is 92.5 Å². The summed E-state index contributed by atoms with van der Waals surface area (Å²) < 4.78 is 0. The third-order valence-corrected chi connectivity index (χ3v) is 3.18. The molecule has 1 aromatic rings. The smallest absolute Gasteiger partial charge is 0.335 e. The number of hydrogen-bond donors (Lipinski definition) is 1. The van der Waals surface area contributed by atoms with Crippen LogP contribution in [0.4, 0.5) is 0 Å². The summed E-state index contributed by atoms with van der Waals surface area (Å²) in [5.74, 6) is -0.867. The summed E-state index contributed by atoms with van der Waals surface area (Å²) in [5.41, 5.74) is 0.246. The van der Waals surface area contributed by atoms with Crippen molar-refractivity contribution in [2.75, 3.05) is 0 Å². The van der Waals surface area contributed by atoms with E-state index in [1.807, 2.05) is 0 Å². The molecule has 1 unspecified atom stereocenters. The maximum absolute atomic E-state index is 11.0. The van der Waals surface area contributed by atoms with E-state index in [1.165, 1.54) is 24.8 Å². The molecule has 0 aliphatic rings. The molecule has 80 valence electrons. The molecule has 0 aromatic heterocycles. The molecule has 0 aliphatic carbocycles. The molecule has 3 nitrogen and oxygen atoms in total. The van der Waals surface area contributed by atoms with E-state index in [0.717, 1.165) is 4.90 Å². The van der Waals surface area contributed by atoms with Gasteiger partial charge in [-0.1, -0.05) is 6.07 Å². The van der Waals surface area contributed by atoms with Crippen LogP contribution in [0.2, 0.25) is 0 Å². The van der Waals surface area contributed by atoms with Gasteiger partial charge in [0.25, 0.3) is 0 Å². The standard InChI is InChI=1S/C11H12O3S/c1-7(12)8(2)15-10-5-3-4-9(6-10)11(13)14/h3-6,8H,1-2H3,(H,13,14). The van der Waals surface area contributed by atoms with Gasteiger partial charge in [0.1, 0.15) is 5.78 Å². The third kappa shape index (κ3) is 3.40. The van der Waals surface area contributed by atoms with Crippen LogP contribution >= 0.6 is 11.8 Å². The van der Waals surface area contributed by atoms with Gasteiger partial charge in [0.15, 0.2) is 0 Å². The lowest BCUT2D eigenvalue weighted by molar-refractivity contribution is -0.116. The van der Waals surface area contributed by atoms with Crippen LogP contribution < -0.4 is 0 Å². The SMILES string of the molecule is CC(=O)C(C)Sc1cccc(C(=O)O)c1. The van der Waals surface area contributed by atoms with Crippen LogP contribution in [0.5, 0.6) is 0 Å². The third-order valence-electron chi connectivity index (χ3n) is 1.97. The van der Waals surface area contributed by atoms with Crippen LogP contribution in [-0.2, 0) is 4.79 Å². The van der Waals surface area contributed by atoms with Gasteiger partial charge in [-0.15, -0.1) is 11.8 Å². The lowest BCUT2D eigenvalue weighted by Crippen LogP contribution is -2.07. The zero-order valence-corrected chi connectivity index (χ0v) is 9.38. The molecule has 0 amide bonds. The highest BCUT2D eigenvalue weighted by Crippen LogP contribution is 2.24. The topological polar surface area (TPSA) is 54.4 Å². The van der Waals surface area contributed by atoms with E-state index in [9.17, 15) is 9.59 Å². The number of rotatable bonds is 4. The molecule has 0 bridgehead atoms. The van der Waals surface area contributed by atoms with Gasteiger partial charge in [-0.2, -0.15) is 0 Å². The molecular formula is C11H12O3S. The minimum atomic E-state index is -0.951. The first kappa shape index (κ1) is 11.8.